The molecule has 2 nitrogen and oxygen atoms in total. The second-order valence-electron chi connectivity index (χ2n) is 4.83. The molecule has 0 rings (SSSR count). The Bertz CT molecular complexity index is 265. The molecule has 15 heavy (non-hydrogen) atoms. The predicted molar refractivity (Wildman–Crippen MR) is 65.2 cm³/mol. The largest absolute Gasteiger partial charge is 0.374 e. The molecule has 1 unspecified atom stereocenters. The molecule has 0 aromatic carbocycles. The molecule has 1 atom stereocenters. The highest BCUT2D eigenvalue weighted by Crippen LogP contribution is 2.30. The summed E-state index contributed by atoms with van der Waals surface area (Å²) in [6, 6.07) is 0. The molecule has 0 fully saturated rings. The van der Waals surface area contributed by atoms with E-state index in [9.17, 15) is 0 Å². The Morgan fingerprint density at radius 2 is 1.47 bits per heavy atom. The van der Waals surface area contributed by atoms with Crippen molar-refractivity contribution in [3.8, 4) is 0 Å². The quantitative estimate of drug-likeness (QED) is 0.653. The van der Waals surface area contributed by atoms with Crippen LogP contribution in [0.2, 0.25) is 0 Å². The van der Waals surface area contributed by atoms with Crippen LogP contribution < -0.4 is 0 Å². The van der Waals surface area contributed by atoms with Crippen LogP contribution in [-0.4, -0.2) is 24.9 Å². The summed E-state index contributed by atoms with van der Waals surface area (Å²) in [5.74, 6) is 0. The first-order chi connectivity index (χ1) is 7.04. The van der Waals surface area contributed by atoms with Crippen LogP contribution in [0.1, 0.15) is 49.8 Å². The van der Waals surface area contributed by atoms with Gasteiger partial charge in [0.15, 0.2) is 0 Å². The summed E-state index contributed by atoms with van der Waals surface area (Å²) in [4.78, 5) is 0. The zero-order valence-electron chi connectivity index (χ0n) is 12.4. The Hall–Kier alpha value is -0.340. The van der Waals surface area contributed by atoms with Crippen LogP contribution in [0.15, 0.2) is 11.1 Å². The topological polar surface area (TPSA) is 18.5 Å². The Morgan fingerprint density at radius 3 is 1.80 bits per heavy atom. The molecular formula is C13H26O2. The minimum atomic E-state index is -0.525. The van der Waals surface area contributed by atoms with Crippen molar-refractivity contribution < 1.29 is 10.8 Å². The fourth-order valence-corrected chi connectivity index (χ4v) is 1.44. The number of rotatable bonds is 5. The number of hydrogen-bond acceptors (Lipinski definition) is 2. The van der Waals surface area contributed by atoms with E-state index in [-0.39, 0.29) is 5.60 Å². The van der Waals surface area contributed by atoms with Crippen molar-refractivity contribution in [3.63, 3.8) is 0 Å². The zero-order valence-corrected chi connectivity index (χ0v) is 11.4. The first kappa shape index (κ1) is 12.7. The van der Waals surface area contributed by atoms with E-state index in [0.29, 0.717) is 0 Å². The highest BCUT2D eigenvalue weighted by Gasteiger charge is 2.28. The van der Waals surface area contributed by atoms with Gasteiger partial charge in [0.2, 0.25) is 0 Å². The SMILES string of the molecule is [2H]C(C)OC(C)(C)/C(C)=C(/C)C(C)(C)OC. The van der Waals surface area contributed by atoms with E-state index in [0.717, 1.165) is 11.1 Å². The monoisotopic (exact) mass is 215 g/mol. The van der Waals surface area contributed by atoms with Crippen molar-refractivity contribution in [3.05, 3.63) is 11.1 Å². The van der Waals surface area contributed by atoms with Crippen LogP contribution in [0, 0.1) is 0 Å². The van der Waals surface area contributed by atoms with E-state index in [1.807, 2.05) is 34.6 Å². The van der Waals surface area contributed by atoms with E-state index in [4.69, 9.17) is 10.8 Å². The summed E-state index contributed by atoms with van der Waals surface area (Å²) in [6.07, 6.45) is 0. The number of hydrogen-bond donors (Lipinski definition) is 0. The zero-order chi connectivity index (χ0) is 13.1. The van der Waals surface area contributed by atoms with Gasteiger partial charge in [0.1, 0.15) is 0 Å². The molecule has 0 amide bonds. The average Bonchev–Trinajstić information content (AvgIpc) is 2.13. The first-order valence-electron chi connectivity index (χ1n) is 5.96. The molecule has 0 aliphatic carbocycles. The Balaban J connectivity index is 5.15. The first-order valence-corrected chi connectivity index (χ1v) is 5.38. The maximum Gasteiger partial charge on any atom is 0.0836 e. The molecular weight excluding hydrogens is 188 g/mol. The Kier molecular flexibility index (Phi) is 4.35. The lowest BCUT2D eigenvalue weighted by atomic mass is 9.87. The maximum absolute atomic E-state index is 7.49. The van der Waals surface area contributed by atoms with Crippen LogP contribution in [0.5, 0.6) is 0 Å². The van der Waals surface area contributed by atoms with E-state index >= 15 is 0 Å². The molecule has 90 valence electrons. The summed E-state index contributed by atoms with van der Waals surface area (Å²) in [6.45, 7) is 13.3. The van der Waals surface area contributed by atoms with Gasteiger partial charge < -0.3 is 9.47 Å². The average molecular weight is 215 g/mol. The molecule has 0 saturated heterocycles. The van der Waals surface area contributed by atoms with Gasteiger partial charge in [-0.15, -0.1) is 0 Å². The summed E-state index contributed by atoms with van der Waals surface area (Å²) in [7, 11) is 1.71. The number of methoxy groups -OCH3 is 1. The molecule has 0 bridgehead atoms. The maximum atomic E-state index is 7.49. The highest BCUT2D eigenvalue weighted by atomic mass is 16.5. The molecule has 0 heterocycles. The molecule has 2 heteroatoms. The Labute approximate surface area is 96.1 Å². The standard InChI is InChI=1S/C13H26O2/c1-9-15-13(6,7)11(3)10(2)12(4,5)14-8/h9H2,1-8H3/b11-10-/i9D. The molecule has 0 aromatic rings. The lowest BCUT2D eigenvalue weighted by Gasteiger charge is -2.33. The molecule has 0 aliphatic rings. The fraction of sp³-hybridized carbons (Fsp3) is 0.846. The van der Waals surface area contributed by atoms with E-state index in [1.165, 1.54) is 0 Å². The van der Waals surface area contributed by atoms with Crippen LogP contribution >= 0.6 is 0 Å². The van der Waals surface area contributed by atoms with Crippen LogP contribution in [0.3, 0.4) is 0 Å². The van der Waals surface area contributed by atoms with Crippen LogP contribution in [0.25, 0.3) is 0 Å². The minimum absolute atomic E-state index is 0.296. The van der Waals surface area contributed by atoms with E-state index in [1.54, 1.807) is 14.0 Å². The van der Waals surface area contributed by atoms with Crippen molar-refractivity contribution in [2.75, 3.05) is 13.7 Å². The molecule has 0 aliphatic heterocycles. The smallest absolute Gasteiger partial charge is 0.0836 e. The van der Waals surface area contributed by atoms with Gasteiger partial charge in [0, 0.05) is 13.7 Å². The summed E-state index contributed by atoms with van der Waals surface area (Å²) in [5.41, 5.74) is 1.55. The van der Waals surface area contributed by atoms with Crippen molar-refractivity contribution in [2.24, 2.45) is 0 Å². The summed E-state index contributed by atoms with van der Waals surface area (Å²) >= 11 is 0. The molecule has 0 aromatic heterocycles. The predicted octanol–water partition coefficient (Wildman–Crippen LogP) is 3.56. The van der Waals surface area contributed by atoms with Crippen molar-refractivity contribution >= 4 is 0 Å². The minimum Gasteiger partial charge on any atom is -0.374 e. The lowest BCUT2D eigenvalue weighted by Crippen LogP contribution is -2.32. The van der Waals surface area contributed by atoms with Crippen LogP contribution in [-0.2, 0) is 9.47 Å². The summed E-state index contributed by atoms with van der Waals surface area (Å²) in [5, 5.41) is 0. The van der Waals surface area contributed by atoms with Gasteiger partial charge in [0.05, 0.1) is 12.6 Å². The third kappa shape index (κ3) is 3.62. The fourth-order valence-electron chi connectivity index (χ4n) is 1.44. The normalized spacial score (nSPS) is 18.3. The van der Waals surface area contributed by atoms with Gasteiger partial charge >= 0.3 is 0 Å². The summed E-state index contributed by atoms with van der Waals surface area (Å²) < 4.78 is 18.6. The van der Waals surface area contributed by atoms with Crippen molar-refractivity contribution in [1.82, 2.24) is 0 Å². The highest BCUT2D eigenvalue weighted by molar-refractivity contribution is 5.25. The molecule has 0 saturated carbocycles. The Morgan fingerprint density at radius 1 is 1.07 bits per heavy atom. The van der Waals surface area contributed by atoms with Gasteiger partial charge in [-0.3, -0.25) is 0 Å². The van der Waals surface area contributed by atoms with Gasteiger partial charge in [-0.2, -0.15) is 0 Å². The van der Waals surface area contributed by atoms with E-state index < -0.39 is 12.2 Å². The molecule has 0 spiro atoms. The third-order valence-electron chi connectivity index (χ3n) is 3.29. The van der Waals surface area contributed by atoms with Crippen molar-refractivity contribution in [1.29, 1.82) is 0 Å². The molecule has 0 radical (unpaired) electrons. The second kappa shape index (κ2) is 5.13. The van der Waals surface area contributed by atoms with Gasteiger partial charge in [-0.05, 0) is 59.6 Å². The number of ether oxygens (including phenoxy) is 2. The van der Waals surface area contributed by atoms with Gasteiger partial charge in [-0.1, -0.05) is 0 Å². The van der Waals surface area contributed by atoms with E-state index in [2.05, 4.69) is 6.92 Å². The van der Waals surface area contributed by atoms with Crippen LogP contribution in [0.4, 0.5) is 0 Å². The third-order valence-corrected chi connectivity index (χ3v) is 3.29. The van der Waals surface area contributed by atoms with Gasteiger partial charge in [0.25, 0.3) is 0 Å². The second-order valence-corrected chi connectivity index (χ2v) is 4.83. The van der Waals surface area contributed by atoms with Crippen molar-refractivity contribution in [2.45, 2.75) is 59.7 Å². The van der Waals surface area contributed by atoms with Gasteiger partial charge in [-0.25, -0.2) is 0 Å². The lowest BCUT2D eigenvalue weighted by molar-refractivity contribution is 0.0110. The molecule has 0 N–H and O–H groups in total.